The zero-order valence-corrected chi connectivity index (χ0v) is 9.70. The summed E-state index contributed by atoms with van der Waals surface area (Å²) in [5, 5.41) is 0. The van der Waals surface area contributed by atoms with E-state index in [2.05, 4.69) is 19.1 Å². The second kappa shape index (κ2) is 6.46. The second-order valence-corrected chi connectivity index (χ2v) is 3.94. The predicted octanol–water partition coefficient (Wildman–Crippen LogP) is 2.76. The molecule has 2 nitrogen and oxygen atoms in total. The number of benzene rings is 1. The van der Waals surface area contributed by atoms with Crippen molar-refractivity contribution in [1.82, 2.24) is 0 Å². The summed E-state index contributed by atoms with van der Waals surface area (Å²) < 4.78 is 5.18. The molecule has 0 amide bonds. The third-order valence-electron chi connectivity index (χ3n) is 2.60. The lowest BCUT2D eigenvalue weighted by Crippen LogP contribution is -2.20. The van der Waals surface area contributed by atoms with Crippen LogP contribution in [0.4, 0.5) is 0 Å². The first-order chi connectivity index (χ1) is 7.26. The molecule has 1 atom stereocenters. The molecule has 2 N–H and O–H groups in total. The second-order valence-electron chi connectivity index (χ2n) is 3.94. The van der Waals surface area contributed by atoms with E-state index in [1.165, 1.54) is 12.0 Å². The first-order valence-electron chi connectivity index (χ1n) is 5.64. The molecule has 2 heteroatoms. The zero-order valence-electron chi connectivity index (χ0n) is 9.70. The van der Waals surface area contributed by atoms with Gasteiger partial charge in [-0.05, 0) is 37.0 Å². The van der Waals surface area contributed by atoms with Crippen LogP contribution >= 0.6 is 0 Å². The average Bonchev–Trinajstić information content (AvgIpc) is 2.27. The Hall–Kier alpha value is -1.02. The Morgan fingerprint density at radius 3 is 2.80 bits per heavy atom. The minimum atomic E-state index is 0.334. The lowest BCUT2D eigenvalue weighted by molar-refractivity contribution is 0.414. The molecular formula is C13H21NO. The van der Waals surface area contributed by atoms with Gasteiger partial charge in [0.2, 0.25) is 0 Å². The van der Waals surface area contributed by atoms with Crippen LogP contribution in [0.25, 0.3) is 0 Å². The van der Waals surface area contributed by atoms with Gasteiger partial charge in [0, 0.05) is 6.04 Å². The number of hydrogen-bond donors (Lipinski definition) is 1. The van der Waals surface area contributed by atoms with Crippen molar-refractivity contribution >= 4 is 0 Å². The summed E-state index contributed by atoms with van der Waals surface area (Å²) >= 11 is 0. The van der Waals surface area contributed by atoms with Gasteiger partial charge in [-0.2, -0.15) is 0 Å². The Bertz CT molecular complexity index is 286. The van der Waals surface area contributed by atoms with Crippen LogP contribution in [0.1, 0.15) is 31.7 Å². The van der Waals surface area contributed by atoms with Crippen molar-refractivity contribution in [3.63, 3.8) is 0 Å². The largest absolute Gasteiger partial charge is 0.497 e. The van der Waals surface area contributed by atoms with E-state index in [4.69, 9.17) is 10.5 Å². The molecule has 1 unspecified atom stereocenters. The van der Waals surface area contributed by atoms with Gasteiger partial charge in [0.1, 0.15) is 5.75 Å². The van der Waals surface area contributed by atoms with Gasteiger partial charge >= 0.3 is 0 Å². The van der Waals surface area contributed by atoms with Crippen molar-refractivity contribution in [3.05, 3.63) is 29.8 Å². The molecule has 0 saturated heterocycles. The Labute approximate surface area is 92.4 Å². The van der Waals surface area contributed by atoms with Crippen molar-refractivity contribution in [2.45, 2.75) is 38.6 Å². The van der Waals surface area contributed by atoms with E-state index in [0.717, 1.165) is 25.0 Å². The quantitative estimate of drug-likeness (QED) is 0.778. The molecule has 1 aromatic rings. The fourth-order valence-electron chi connectivity index (χ4n) is 1.70. The molecule has 0 aromatic heterocycles. The molecule has 0 spiro atoms. The number of aryl methyl sites for hydroxylation is 1. The van der Waals surface area contributed by atoms with Crippen LogP contribution in [-0.4, -0.2) is 13.2 Å². The highest BCUT2D eigenvalue weighted by Gasteiger charge is 2.02. The predicted molar refractivity (Wildman–Crippen MR) is 64.2 cm³/mol. The minimum Gasteiger partial charge on any atom is -0.497 e. The fourth-order valence-corrected chi connectivity index (χ4v) is 1.70. The molecule has 0 aliphatic carbocycles. The van der Waals surface area contributed by atoms with Crippen LogP contribution in [0.5, 0.6) is 5.75 Å². The van der Waals surface area contributed by atoms with E-state index in [0.29, 0.717) is 6.04 Å². The molecule has 0 aliphatic heterocycles. The van der Waals surface area contributed by atoms with E-state index < -0.39 is 0 Å². The molecule has 0 radical (unpaired) electrons. The summed E-state index contributed by atoms with van der Waals surface area (Å²) in [7, 11) is 1.70. The third kappa shape index (κ3) is 4.34. The van der Waals surface area contributed by atoms with Crippen molar-refractivity contribution in [2.75, 3.05) is 7.11 Å². The standard InChI is InChI=1S/C13H21NO/c1-3-5-12(14)9-8-11-6-4-7-13(10-11)15-2/h4,6-7,10,12H,3,5,8-9,14H2,1-2H3. The molecule has 0 aliphatic rings. The first kappa shape index (κ1) is 12.1. The first-order valence-corrected chi connectivity index (χ1v) is 5.64. The van der Waals surface area contributed by atoms with Gasteiger partial charge in [0.15, 0.2) is 0 Å². The Morgan fingerprint density at radius 2 is 2.13 bits per heavy atom. The van der Waals surface area contributed by atoms with Crippen LogP contribution < -0.4 is 10.5 Å². The van der Waals surface area contributed by atoms with Crippen LogP contribution in [0.15, 0.2) is 24.3 Å². The summed E-state index contributed by atoms with van der Waals surface area (Å²) in [6.45, 7) is 2.17. The summed E-state index contributed by atoms with van der Waals surface area (Å²) in [6, 6.07) is 8.54. The van der Waals surface area contributed by atoms with Gasteiger partial charge < -0.3 is 10.5 Å². The van der Waals surface area contributed by atoms with E-state index >= 15 is 0 Å². The molecule has 1 aromatic carbocycles. The van der Waals surface area contributed by atoms with Crippen molar-refractivity contribution in [2.24, 2.45) is 5.73 Å². The van der Waals surface area contributed by atoms with Gasteiger partial charge in [0.25, 0.3) is 0 Å². The topological polar surface area (TPSA) is 35.2 Å². The number of methoxy groups -OCH3 is 1. The number of rotatable bonds is 6. The van der Waals surface area contributed by atoms with Gasteiger partial charge in [-0.3, -0.25) is 0 Å². The lowest BCUT2D eigenvalue weighted by atomic mass is 10.0. The zero-order chi connectivity index (χ0) is 11.1. The summed E-state index contributed by atoms with van der Waals surface area (Å²) in [5.41, 5.74) is 7.28. The van der Waals surface area contributed by atoms with E-state index in [9.17, 15) is 0 Å². The normalized spacial score (nSPS) is 12.5. The summed E-state index contributed by atoms with van der Waals surface area (Å²) in [4.78, 5) is 0. The van der Waals surface area contributed by atoms with Gasteiger partial charge in [-0.15, -0.1) is 0 Å². The summed E-state index contributed by atoms with van der Waals surface area (Å²) in [6.07, 6.45) is 4.38. The van der Waals surface area contributed by atoms with Gasteiger partial charge in [0.05, 0.1) is 7.11 Å². The number of nitrogens with two attached hydrogens (primary N) is 1. The van der Waals surface area contributed by atoms with E-state index in [-0.39, 0.29) is 0 Å². The maximum atomic E-state index is 5.97. The number of ether oxygens (including phenoxy) is 1. The highest BCUT2D eigenvalue weighted by atomic mass is 16.5. The van der Waals surface area contributed by atoms with Crippen molar-refractivity contribution in [3.8, 4) is 5.75 Å². The average molecular weight is 207 g/mol. The molecule has 0 bridgehead atoms. The molecule has 0 heterocycles. The van der Waals surface area contributed by atoms with Crippen molar-refractivity contribution < 1.29 is 4.74 Å². The minimum absolute atomic E-state index is 0.334. The maximum absolute atomic E-state index is 5.97. The highest BCUT2D eigenvalue weighted by Crippen LogP contribution is 2.14. The number of hydrogen-bond acceptors (Lipinski definition) is 2. The third-order valence-corrected chi connectivity index (χ3v) is 2.60. The van der Waals surface area contributed by atoms with E-state index in [1.54, 1.807) is 7.11 Å². The Kier molecular flexibility index (Phi) is 5.19. The Balaban J connectivity index is 2.43. The van der Waals surface area contributed by atoms with Crippen LogP contribution in [0.3, 0.4) is 0 Å². The van der Waals surface area contributed by atoms with Crippen molar-refractivity contribution in [1.29, 1.82) is 0 Å². The molecule has 84 valence electrons. The monoisotopic (exact) mass is 207 g/mol. The van der Waals surface area contributed by atoms with E-state index in [1.807, 2.05) is 12.1 Å². The Morgan fingerprint density at radius 1 is 1.33 bits per heavy atom. The van der Waals surface area contributed by atoms with Gasteiger partial charge in [-0.1, -0.05) is 25.5 Å². The smallest absolute Gasteiger partial charge is 0.119 e. The summed E-state index contributed by atoms with van der Waals surface area (Å²) in [5.74, 6) is 0.927. The molecule has 0 fully saturated rings. The fraction of sp³-hybridized carbons (Fsp3) is 0.538. The lowest BCUT2D eigenvalue weighted by Gasteiger charge is -2.10. The van der Waals surface area contributed by atoms with Crippen LogP contribution in [0, 0.1) is 0 Å². The SMILES string of the molecule is CCCC(N)CCc1cccc(OC)c1. The molecular weight excluding hydrogens is 186 g/mol. The van der Waals surface area contributed by atoms with Gasteiger partial charge in [-0.25, -0.2) is 0 Å². The highest BCUT2D eigenvalue weighted by molar-refractivity contribution is 5.28. The molecule has 15 heavy (non-hydrogen) atoms. The van der Waals surface area contributed by atoms with Crippen LogP contribution in [0.2, 0.25) is 0 Å². The maximum Gasteiger partial charge on any atom is 0.119 e. The van der Waals surface area contributed by atoms with Crippen LogP contribution in [-0.2, 0) is 6.42 Å². The molecule has 0 saturated carbocycles. The molecule has 1 rings (SSSR count).